The molecule has 0 atom stereocenters. The summed E-state index contributed by atoms with van der Waals surface area (Å²) in [6.07, 6.45) is 4.26. The maximum Gasteiger partial charge on any atom is 0.0409 e. The molecule has 1 aromatic rings. The van der Waals surface area contributed by atoms with Gasteiger partial charge < -0.3 is 10.2 Å². The molecule has 2 rings (SSSR count). The van der Waals surface area contributed by atoms with Crippen molar-refractivity contribution in [1.82, 2.24) is 5.32 Å². The smallest absolute Gasteiger partial charge is 0.0409 e. The Labute approximate surface area is 118 Å². The summed E-state index contributed by atoms with van der Waals surface area (Å²) in [7, 11) is 2.24. The first-order chi connectivity index (χ1) is 9.16. The van der Waals surface area contributed by atoms with Crippen molar-refractivity contribution >= 4 is 5.69 Å². The molecule has 0 heterocycles. The summed E-state index contributed by atoms with van der Waals surface area (Å²) in [5.74, 6) is 1.63. The first kappa shape index (κ1) is 14.4. The minimum atomic E-state index is 0.708. The van der Waals surface area contributed by atoms with Gasteiger partial charge in [0.15, 0.2) is 0 Å². The van der Waals surface area contributed by atoms with Crippen LogP contribution in [0.4, 0.5) is 5.69 Å². The maximum atomic E-state index is 3.55. The van der Waals surface area contributed by atoms with Crippen molar-refractivity contribution in [3.63, 3.8) is 0 Å². The standard InChI is InChI=1S/C17H28N2/c1-14(2)11-18-12-16-9-4-5-10-17(16)19(3)13-15-7-6-8-15/h4-5,9-10,14-15,18H,6-8,11-13H2,1-3H3. The molecular weight excluding hydrogens is 232 g/mol. The molecule has 1 aliphatic rings. The molecule has 0 bridgehead atoms. The van der Waals surface area contributed by atoms with Gasteiger partial charge in [-0.05, 0) is 42.9 Å². The predicted octanol–water partition coefficient (Wildman–Crippen LogP) is 3.67. The summed E-state index contributed by atoms with van der Waals surface area (Å²) in [5, 5.41) is 3.55. The highest BCUT2D eigenvalue weighted by Gasteiger charge is 2.20. The molecule has 1 aliphatic carbocycles. The molecule has 0 amide bonds. The average Bonchev–Trinajstić information content (AvgIpc) is 2.34. The van der Waals surface area contributed by atoms with Gasteiger partial charge in [0.05, 0.1) is 0 Å². The molecular formula is C17H28N2. The third kappa shape index (κ3) is 4.24. The number of benzene rings is 1. The van der Waals surface area contributed by atoms with Crippen molar-refractivity contribution < 1.29 is 0 Å². The van der Waals surface area contributed by atoms with Crippen LogP contribution in [0.25, 0.3) is 0 Å². The van der Waals surface area contributed by atoms with Gasteiger partial charge in [0, 0.05) is 25.8 Å². The molecule has 106 valence electrons. The minimum Gasteiger partial charge on any atom is -0.374 e. The summed E-state index contributed by atoms with van der Waals surface area (Å²) in [6.45, 7) is 7.77. The van der Waals surface area contributed by atoms with Crippen molar-refractivity contribution in [3.8, 4) is 0 Å². The van der Waals surface area contributed by atoms with Crippen LogP contribution in [0.2, 0.25) is 0 Å². The highest BCUT2D eigenvalue weighted by Crippen LogP contribution is 2.29. The Morgan fingerprint density at radius 2 is 2.00 bits per heavy atom. The zero-order chi connectivity index (χ0) is 13.7. The Balaban J connectivity index is 1.94. The molecule has 1 fully saturated rings. The quantitative estimate of drug-likeness (QED) is 0.804. The molecule has 0 aliphatic heterocycles. The second kappa shape index (κ2) is 6.95. The molecule has 0 spiro atoms. The molecule has 0 unspecified atom stereocenters. The Morgan fingerprint density at radius 3 is 2.63 bits per heavy atom. The molecule has 2 nitrogen and oxygen atoms in total. The first-order valence-electron chi connectivity index (χ1n) is 7.66. The zero-order valence-electron chi connectivity index (χ0n) is 12.7. The largest absolute Gasteiger partial charge is 0.374 e. The van der Waals surface area contributed by atoms with Crippen molar-refractivity contribution in [2.75, 3.05) is 25.0 Å². The third-order valence-electron chi connectivity index (χ3n) is 4.03. The lowest BCUT2D eigenvalue weighted by Crippen LogP contribution is -2.30. The number of rotatable bonds is 7. The Bertz CT molecular complexity index is 383. The normalized spacial score (nSPS) is 15.6. The summed E-state index contributed by atoms with van der Waals surface area (Å²) in [5.41, 5.74) is 2.82. The topological polar surface area (TPSA) is 15.3 Å². The fourth-order valence-corrected chi connectivity index (χ4v) is 2.69. The highest BCUT2D eigenvalue weighted by atomic mass is 15.1. The van der Waals surface area contributed by atoms with E-state index in [2.05, 4.69) is 55.4 Å². The van der Waals surface area contributed by atoms with E-state index in [4.69, 9.17) is 0 Å². The lowest BCUT2D eigenvalue weighted by Gasteiger charge is -2.32. The molecule has 1 aromatic carbocycles. The van der Waals surface area contributed by atoms with E-state index in [1.54, 1.807) is 0 Å². The Morgan fingerprint density at radius 1 is 1.26 bits per heavy atom. The number of hydrogen-bond donors (Lipinski definition) is 1. The fourth-order valence-electron chi connectivity index (χ4n) is 2.69. The summed E-state index contributed by atoms with van der Waals surface area (Å²) in [4.78, 5) is 2.44. The molecule has 1 N–H and O–H groups in total. The van der Waals surface area contributed by atoms with Crippen LogP contribution in [0.3, 0.4) is 0 Å². The van der Waals surface area contributed by atoms with Crippen LogP contribution >= 0.6 is 0 Å². The second-order valence-electron chi connectivity index (χ2n) is 6.33. The van der Waals surface area contributed by atoms with E-state index >= 15 is 0 Å². The van der Waals surface area contributed by atoms with Crippen molar-refractivity contribution in [2.24, 2.45) is 11.8 Å². The number of hydrogen-bond acceptors (Lipinski definition) is 2. The van der Waals surface area contributed by atoms with E-state index in [-0.39, 0.29) is 0 Å². The van der Waals surface area contributed by atoms with E-state index in [1.807, 2.05) is 0 Å². The fraction of sp³-hybridized carbons (Fsp3) is 0.647. The van der Waals surface area contributed by atoms with E-state index in [0.29, 0.717) is 5.92 Å². The van der Waals surface area contributed by atoms with Gasteiger partial charge in [-0.25, -0.2) is 0 Å². The van der Waals surface area contributed by atoms with Crippen LogP contribution in [0, 0.1) is 11.8 Å². The van der Waals surface area contributed by atoms with Crippen LogP contribution in [-0.2, 0) is 6.54 Å². The Hall–Kier alpha value is -1.02. The van der Waals surface area contributed by atoms with E-state index in [1.165, 1.54) is 37.1 Å². The molecule has 2 heteroatoms. The van der Waals surface area contributed by atoms with Gasteiger partial charge in [0.25, 0.3) is 0 Å². The van der Waals surface area contributed by atoms with Crippen LogP contribution in [0.15, 0.2) is 24.3 Å². The lowest BCUT2D eigenvalue weighted by molar-refractivity contribution is 0.321. The van der Waals surface area contributed by atoms with Gasteiger partial charge in [-0.2, -0.15) is 0 Å². The van der Waals surface area contributed by atoms with Gasteiger partial charge in [0.1, 0.15) is 0 Å². The van der Waals surface area contributed by atoms with Crippen LogP contribution < -0.4 is 10.2 Å². The van der Waals surface area contributed by atoms with Crippen molar-refractivity contribution in [1.29, 1.82) is 0 Å². The SMILES string of the molecule is CC(C)CNCc1ccccc1N(C)CC1CCC1. The lowest BCUT2D eigenvalue weighted by atomic mass is 9.85. The number of nitrogens with one attached hydrogen (secondary N) is 1. The molecule has 0 radical (unpaired) electrons. The third-order valence-corrected chi connectivity index (χ3v) is 4.03. The zero-order valence-corrected chi connectivity index (χ0v) is 12.7. The summed E-state index contributed by atoms with van der Waals surface area (Å²) < 4.78 is 0. The molecule has 1 saturated carbocycles. The molecule has 0 aromatic heterocycles. The van der Waals surface area contributed by atoms with E-state index < -0.39 is 0 Å². The van der Waals surface area contributed by atoms with Crippen molar-refractivity contribution in [3.05, 3.63) is 29.8 Å². The van der Waals surface area contributed by atoms with Crippen molar-refractivity contribution in [2.45, 2.75) is 39.7 Å². The summed E-state index contributed by atoms with van der Waals surface area (Å²) >= 11 is 0. The van der Waals surface area contributed by atoms with Gasteiger partial charge >= 0.3 is 0 Å². The van der Waals surface area contributed by atoms with Gasteiger partial charge in [-0.1, -0.05) is 38.5 Å². The van der Waals surface area contributed by atoms with E-state index in [0.717, 1.165) is 19.0 Å². The predicted molar refractivity (Wildman–Crippen MR) is 83.6 cm³/mol. The minimum absolute atomic E-state index is 0.708. The first-order valence-corrected chi connectivity index (χ1v) is 7.66. The van der Waals surface area contributed by atoms with Crippen LogP contribution in [0.1, 0.15) is 38.7 Å². The second-order valence-corrected chi connectivity index (χ2v) is 6.33. The van der Waals surface area contributed by atoms with Gasteiger partial charge in [-0.15, -0.1) is 0 Å². The number of anilines is 1. The molecule has 19 heavy (non-hydrogen) atoms. The summed E-state index contributed by atoms with van der Waals surface area (Å²) in [6, 6.07) is 8.80. The van der Waals surface area contributed by atoms with Gasteiger partial charge in [-0.3, -0.25) is 0 Å². The number of para-hydroxylation sites is 1. The van der Waals surface area contributed by atoms with Crippen LogP contribution in [0.5, 0.6) is 0 Å². The monoisotopic (exact) mass is 260 g/mol. The Kier molecular flexibility index (Phi) is 5.26. The van der Waals surface area contributed by atoms with Crippen LogP contribution in [-0.4, -0.2) is 20.1 Å². The highest BCUT2D eigenvalue weighted by molar-refractivity contribution is 5.53. The van der Waals surface area contributed by atoms with Gasteiger partial charge in [0.2, 0.25) is 0 Å². The molecule has 0 saturated heterocycles. The average molecular weight is 260 g/mol. The van der Waals surface area contributed by atoms with E-state index in [9.17, 15) is 0 Å². The maximum absolute atomic E-state index is 3.55. The number of nitrogens with zero attached hydrogens (tertiary/aromatic N) is 1.